The van der Waals surface area contributed by atoms with Crippen LogP contribution in [0.1, 0.15) is 17.3 Å². The molecule has 1 N–H and O–H groups in total. The van der Waals surface area contributed by atoms with Crippen molar-refractivity contribution in [2.45, 2.75) is 13.5 Å². The van der Waals surface area contributed by atoms with Crippen LogP contribution >= 0.6 is 0 Å². The Balaban J connectivity index is 1.86. The van der Waals surface area contributed by atoms with Crippen LogP contribution in [0.2, 0.25) is 0 Å². The van der Waals surface area contributed by atoms with Gasteiger partial charge in [0.05, 0.1) is 30.6 Å². The van der Waals surface area contributed by atoms with E-state index in [0.29, 0.717) is 23.6 Å². The smallest absolute Gasteiger partial charge is 0.260 e. The largest absolute Gasteiger partial charge is 0.493 e. The summed E-state index contributed by atoms with van der Waals surface area (Å²) in [6.45, 7) is 4.06. The van der Waals surface area contributed by atoms with E-state index in [9.17, 15) is 4.79 Å². The van der Waals surface area contributed by atoms with Gasteiger partial charge in [0.1, 0.15) is 5.75 Å². The summed E-state index contributed by atoms with van der Waals surface area (Å²) in [6, 6.07) is 11.6. The van der Waals surface area contributed by atoms with Gasteiger partial charge in [0.15, 0.2) is 0 Å². The molecule has 1 aromatic heterocycles. The van der Waals surface area contributed by atoms with Gasteiger partial charge in [-0.2, -0.15) is 5.10 Å². The number of hydrogen-bond donors (Lipinski definition) is 1. The van der Waals surface area contributed by atoms with Crippen molar-refractivity contribution in [2.75, 3.05) is 32.6 Å². The molecule has 0 spiro atoms. The fraction of sp³-hybridized carbons (Fsp3) is 0.300. The average Bonchev–Trinajstić information content (AvgIpc) is 3.07. The Bertz CT molecular complexity index is 902. The molecule has 0 atom stereocenters. The second kappa shape index (κ2) is 8.01. The van der Waals surface area contributed by atoms with Gasteiger partial charge in [-0.3, -0.25) is 9.48 Å². The van der Waals surface area contributed by atoms with Crippen LogP contribution in [0.25, 0.3) is 10.8 Å². The summed E-state index contributed by atoms with van der Waals surface area (Å²) >= 11 is 0. The molecule has 3 aromatic rings. The number of ether oxygens (including phenoxy) is 1. The molecule has 0 saturated carbocycles. The molecule has 0 aliphatic heterocycles. The maximum Gasteiger partial charge on any atom is 0.260 e. The van der Waals surface area contributed by atoms with Crippen molar-refractivity contribution in [3.8, 4) is 5.75 Å². The van der Waals surface area contributed by atoms with Gasteiger partial charge >= 0.3 is 0 Å². The van der Waals surface area contributed by atoms with E-state index in [4.69, 9.17) is 4.74 Å². The molecule has 0 fully saturated rings. The first-order chi connectivity index (χ1) is 12.6. The molecule has 0 bridgehead atoms. The highest BCUT2D eigenvalue weighted by Gasteiger charge is 2.17. The maximum atomic E-state index is 13.0. The van der Waals surface area contributed by atoms with Gasteiger partial charge in [0.2, 0.25) is 0 Å². The minimum Gasteiger partial charge on any atom is -0.493 e. The molecular formula is C20H24N4O2. The number of nitrogens with one attached hydrogen (secondary N) is 1. The van der Waals surface area contributed by atoms with E-state index in [1.54, 1.807) is 6.20 Å². The lowest BCUT2D eigenvalue weighted by molar-refractivity contribution is 0.102. The predicted molar refractivity (Wildman–Crippen MR) is 104 cm³/mol. The van der Waals surface area contributed by atoms with Crippen LogP contribution in [0, 0.1) is 0 Å². The van der Waals surface area contributed by atoms with Crippen molar-refractivity contribution < 1.29 is 9.53 Å². The summed E-state index contributed by atoms with van der Waals surface area (Å²) in [5.74, 6) is 0.390. The normalized spacial score (nSPS) is 11.1. The van der Waals surface area contributed by atoms with Gasteiger partial charge in [-0.25, -0.2) is 0 Å². The molecule has 0 radical (unpaired) electrons. The van der Waals surface area contributed by atoms with Crippen molar-refractivity contribution >= 4 is 22.4 Å². The van der Waals surface area contributed by atoms with E-state index in [-0.39, 0.29) is 5.91 Å². The van der Waals surface area contributed by atoms with Gasteiger partial charge < -0.3 is 15.0 Å². The summed E-state index contributed by atoms with van der Waals surface area (Å²) in [5, 5.41) is 9.12. The molecule has 6 nitrogen and oxygen atoms in total. The number of hydrogen-bond acceptors (Lipinski definition) is 4. The van der Waals surface area contributed by atoms with E-state index in [0.717, 1.165) is 23.9 Å². The number of fused-ring (bicyclic) bond motifs is 1. The zero-order valence-corrected chi connectivity index (χ0v) is 15.4. The van der Waals surface area contributed by atoms with Gasteiger partial charge in [-0.1, -0.05) is 30.3 Å². The Morgan fingerprint density at radius 3 is 2.81 bits per heavy atom. The fourth-order valence-corrected chi connectivity index (χ4v) is 2.81. The zero-order chi connectivity index (χ0) is 18.5. The number of benzene rings is 2. The minimum absolute atomic E-state index is 0.197. The Morgan fingerprint density at radius 2 is 2.04 bits per heavy atom. The Morgan fingerprint density at radius 1 is 1.23 bits per heavy atom. The van der Waals surface area contributed by atoms with Gasteiger partial charge in [-0.05, 0) is 37.9 Å². The van der Waals surface area contributed by atoms with E-state index in [1.165, 1.54) is 0 Å². The third kappa shape index (κ3) is 4.03. The molecule has 0 saturated heterocycles. The molecule has 0 aliphatic carbocycles. The van der Waals surface area contributed by atoms with E-state index in [1.807, 2.05) is 68.3 Å². The van der Waals surface area contributed by atoms with E-state index in [2.05, 4.69) is 15.3 Å². The number of carbonyl (C=O) groups is 1. The van der Waals surface area contributed by atoms with Crippen LogP contribution in [-0.4, -0.2) is 47.8 Å². The summed E-state index contributed by atoms with van der Waals surface area (Å²) in [6.07, 6.45) is 3.51. The zero-order valence-electron chi connectivity index (χ0n) is 15.4. The van der Waals surface area contributed by atoms with Crippen molar-refractivity contribution in [2.24, 2.45) is 0 Å². The first-order valence-electron chi connectivity index (χ1n) is 8.71. The molecule has 2 aromatic carbocycles. The number of carbonyl (C=O) groups excluding carboxylic acids is 1. The minimum atomic E-state index is -0.197. The summed E-state index contributed by atoms with van der Waals surface area (Å²) in [7, 11) is 4.03. The molecule has 3 rings (SSSR count). The number of rotatable bonds is 7. The first kappa shape index (κ1) is 17.9. The van der Waals surface area contributed by atoms with Crippen LogP contribution in [0.5, 0.6) is 5.75 Å². The van der Waals surface area contributed by atoms with Crippen LogP contribution in [0.4, 0.5) is 5.69 Å². The third-order valence-electron chi connectivity index (χ3n) is 4.09. The second-order valence-corrected chi connectivity index (χ2v) is 6.34. The summed E-state index contributed by atoms with van der Waals surface area (Å²) in [5.41, 5.74) is 1.22. The third-order valence-corrected chi connectivity index (χ3v) is 4.09. The van der Waals surface area contributed by atoms with Gasteiger partial charge in [0, 0.05) is 12.7 Å². The number of likely N-dealkylation sites (N-methyl/N-ethyl adjacent to an activating group) is 1. The number of nitrogens with zero attached hydrogens (tertiary/aromatic N) is 3. The lowest BCUT2D eigenvalue weighted by atomic mass is 10.0. The van der Waals surface area contributed by atoms with Crippen molar-refractivity contribution in [1.82, 2.24) is 14.7 Å². The topological polar surface area (TPSA) is 59.4 Å². The highest BCUT2D eigenvalue weighted by atomic mass is 16.5. The average molecular weight is 352 g/mol. The van der Waals surface area contributed by atoms with E-state index < -0.39 is 0 Å². The summed E-state index contributed by atoms with van der Waals surface area (Å²) in [4.78, 5) is 15.1. The van der Waals surface area contributed by atoms with Crippen LogP contribution < -0.4 is 10.1 Å². The molecule has 1 heterocycles. The van der Waals surface area contributed by atoms with Crippen molar-refractivity contribution in [3.63, 3.8) is 0 Å². The summed E-state index contributed by atoms with van der Waals surface area (Å²) < 4.78 is 7.51. The van der Waals surface area contributed by atoms with E-state index >= 15 is 0 Å². The van der Waals surface area contributed by atoms with Crippen LogP contribution in [0.3, 0.4) is 0 Å². The Kier molecular flexibility index (Phi) is 5.53. The van der Waals surface area contributed by atoms with Crippen molar-refractivity contribution in [3.05, 3.63) is 54.4 Å². The van der Waals surface area contributed by atoms with Gasteiger partial charge in [0.25, 0.3) is 5.91 Å². The molecule has 26 heavy (non-hydrogen) atoms. The van der Waals surface area contributed by atoms with Crippen LogP contribution in [0.15, 0.2) is 48.8 Å². The lowest BCUT2D eigenvalue weighted by Gasteiger charge is -2.13. The quantitative estimate of drug-likeness (QED) is 0.709. The Labute approximate surface area is 153 Å². The highest BCUT2D eigenvalue weighted by molar-refractivity contribution is 6.14. The number of anilines is 1. The molecular weight excluding hydrogens is 328 g/mol. The predicted octanol–water partition coefficient (Wildman–Crippen LogP) is 3.25. The second-order valence-electron chi connectivity index (χ2n) is 6.34. The molecule has 0 aliphatic rings. The molecule has 0 unspecified atom stereocenters. The number of amides is 1. The number of aromatic nitrogens is 2. The molecule has 1 amide bonds. The molecule has 6 heteroatoms. The Hall–Kier alpha value is -2.86. The highest BCUT2D eigenvalue weighted by Crippen LogP contribution is 2.29. The standard InChI is InChI=1S/C20H24N4O2/c1-4-26-18-10-9-15-7-5-6-8-17(15)19(18)20(25)22-16-13-21-24(14-16)12-11-23(2)3/h5-10,13-14H,4,11-12H2,1-3H3,(H,22,25). The van der Waals surface area contributed by atoms with Crippen LogP contribution in [-0.2, 0) is 6.54 Å². The maximum absolute atomic E-state index is 13.0. The van der Waals surface area contributed by atoms with Crippen molar-refractivity contribution in [1.29, 1.82) is 0 Å². The van der Waals surface area contributed by atoms with Gasteiger partial charge in [-0.15, -0.1) is 0 Å². The SMILES string of the molecule is CCOc1ccc2ccccc2c1C(=O)Nc1cnn(CCN(C)C)c1. The first-order valence-corrected chi connectivity index (χ1v) is 8.71. The lowest BCUT2D eigenvalue weighted by Crippen LogP contribution is -2.18. The monoisotopic (exact) mass is 352 g/mol. The fourth-order valence-electron chi connectivity index (χ4n) is 2.81. The molecule has 136 valence electrons.